The van der Waals surface area contributed by atoms with Gasteiger partial charge < -0.3 is 11.1 Å². The monoisotopic (exact) mass is 226 g/mol. The third-order valence-corrected chi connectivity index (χ3v) is 2.89. The fourth-order valence-electron chi connectivity index (χ4n) is 1.97. The number of benzene rings is 2. The third kappa shape index (κ3) is 2.73. The number of hydrogen-bond acceptors (Lipinski definition) is 2. The van der Waals surface area contributed by atoms with Gasteiger partial charge in [-0.15, -0.1) is 0 Å². The summed E-state index contributed by atoms with van der Waals surface area (Å²) in [5.41, 5.74) is 10.6. The maximum Gasteiger partial charge on any atom is 0.0208 e. The quantitative estimate of drug-likeness (QED) is 0.840. The molecule has 0 aliphatic rings. The van der Waals surface area contributed by atoms with Gasteiger partial charge >= 0.3 is 0 Å². The Hall–Kier alpha value is -1.64. The molecule has 2 aromatic rings. The molecule has 3 N–H and O–H groups in total. The summed E-state index contributed by atoms with van der Waals surface area (Å²) in [5.74, 6) is 0. The van der Waals surface area contributed by atoms with E-state index >= 15 is 0 Å². The molecule has 0 fully saturated rings. The molecule has 0 unspecified atom stereocenters. The summed E-state index contributed by atoms with van der Waals surface area (Å²) in [5, 5.41) is 3.20. The Labute approximate surface area is 102 Å². The van der Waals surface area contributed by atoms with E-state index in [1.807, 2.05) is 7.05 Å². The Bertz CT molecular complexity index is 475. The van der Waals surface area contributed by atoms with Crippen molar-refractivity contribution in [1.82, 2.24) is 5.32 Å². The molecule has 2 rings (SSSR count). The molecule has 2 heteroatoms. The van der Waals surface area contributed by atoms with Crippen molar-refractivity contribution >= 4 is 0 Å². The van der Waals surface area contributed by atoms with Gasteiger partial charge in [-0.05, 0) is 29.3 Å². The summed E-state index contributed by atoms with van der Waals surface area (Å²) in [6.07, 6.45) is 0. The van der Waals surface area contributed by atoms with E-state index in [0.717, 1.165) is 6.54 Å². The molecule has 0 spiro atoms. The lowest BCUT2D eigenvalue weighted by molar-refractivity contribution is 0.819. The van der Waals surface area contributed by atoms with Crippen LogP contribution in [0.2, 0.25) is 0 Å². The molecular weight excluding hydrogens is 208 g/mol. The zero-order valence-electron chi connectivity index (χ0n) is 10.1. The minimum atomic E-state index is 0.596. The summed E-state index contributed by atoms with van der Waals surface area (Å²) in [4.78, 5) is 0. The first-order valence-corrected chi connectivity index (χ1v) is 5.87. The smallest absolute Gasteiger partial charge is 0.0208 e. The zero-order chi connectivity index (χ0) is 12.1. The van der Waals surface area contributed by atoms with Crippen LogP contribution >= 0.6 is 0 Å². The Balaban J connectivity index is 2.37. The van der Waals surface area contributed by atoms with E-state index in [2.05, 4.69) is 53.8 Å². The Morgan fingerprint density at radius 3 is 2.35 bits per heavy atom. The number of rotatable bonds is 4. The number of hydrogen-bond donors (Lipinski definition) is 2. The summed E-state index contributed by atoms with van der Waals surface area (Å²) in [6.45, 7) is 1.48. The van der Waals surface area contributed by atoms with Gasteiger partial charge in [-0.2, -0.15) is 0 Å². The highest BCUT2D eigenvalue weighted by molar-refractivity contribution is 5.67. The second kappa shape index (κ2) is 5.62. The molecule has 0 saturated carbocycles. The molecule has 0 saturated heterocycles. The van der Waals surface area contributed by atoms with Crippen molar-refractivity contribution in [2.45, 2.75) is 13.1 Å². The first-order chi connectivity index (χ1) is 8.35. The second-order valence-electron chi connectivity index (χ2n) is 4.09. The lowest BCUT2D eigenvalue weighted by Gasteiger charge is -2.09. The lowest BCUT2D eigenvalue weighted by Crippen LogP contribution is -2.06. The van der Waals surface area contributed by atoms with E-state index in [0.29, 0.717) is 6.54 Å². The van der Waals surface area contributed by atoms with Crippen molar-refractivity contribution < 1.29 is 0 Å². The van der Waals surface area contributed by atoms with Crippen LogP contribution < -0.4 is 11.1 Å². The highest BCUT2D eigenvalue weighted by Gasteiger charge is 2.03. The van der Waals surface area contributed by atoms with E-state index in [1.165, 1.54) is 22.3 Å². The predicted octanol–water partition coefficient (Wildman–Crippen LogP) is 2.53. The normalized spacial score (nSPS) is 10.5. The Kier molecular flexibility index (Phi) is 3.91. The molecule has 0 atom stereocenters. The van der Waals surface area contributed by atoms with Crippen molar-refractivity contribution in [3.05, 3.63) is 59.7 Å². The second-order valence-corrected chi connectivity index (χ2v) is 4.09. The molecule has 88 valence electrons. The summed E-state index contributed by atoms with van der Waals surface area (Å²) in [7, 11) is 1.97. The van der Waals surface area contributed by atoms with Gasteiger partial charge in [-0.25, -0.2) is 0 Å². The van der Waals surface area contributed by atoms with Gasteiger partial charge in [0.25, 0.3) is 0 Å². The first-order valence-electron chi connectivity index (χ1n) is 5.87. The van der Waals surface area contributed by atoms with Gasteiger partial charge in [0.05, 0.1) is 0 Å². The molecule has 0 heterocycles. The highest BCUT2D eigenvalue weighted by atomic mass is 14.8. The Morgan fingerprint density at radius 2 is 1.71 bits per heavy atom. The van der Waals surface area contributed by atoms with Gasteiger partial charge in [0.15, 0.2) is 0 Å². The summed E-state index contributed by atoms with van der Waals surface area (Å²) >= 11 is 0. The largest absolute Gasteiger partial charge is 0.326 e. The minimum absolute atomic E-state index is 0.596. The molecular formula is C15H18N2. The number of nitrogens with two attached hydrogens (primary N) is 1. The summed E-state index contributed by atoms with van der Waals surface area (Å²) in [6, 6.07) is 16.9. The van der Waals surface area contributed by atoms with E-state index in [-0.39, 0.29) is 0 Å². The van der Waals surface area contributed by atoms with E-state index in [1.54, 1.807) is 0 Å². The van der Waals surface area contributed by atoms with E-state index in [4.69, 9.17) is 5.73 Å². The predicted molar refractivity (Wildman–Crippen MR) is 72.5 cm³/mol. The first kappa shape index (κ1) is 11.8. The topological polar surface area (TPSA) is 38.0 Å². The zero-order valence-corrected chi connectivity index (χ0v) is 10.1. The van der Waals surface area contributed by atoms with Crippen LogP contribution in [0, 0.1) is 0 Å². The molecule has 0 amide bonds. The molecule has 2 aromatic carbocycles. The fraction of sp³-hybridized carbons (Fsp3) is 0.200. The van der Waals surface area contributed by atoms with Gasteiger partial charge in [0.2, 0.25) is 0 Å². The van der Waals surface area contributed by atoms with Crippen LogP contribution in [0.4, 0.5) is 0 Å². The molecule has 0 radical (unpaired) electrons. The van der Waals surface area contributed by atoms with Gasteiger partial charge in [0.1, 0.15) is 0 Å². The fourth-order valence-corrected chi connectivity index (χ4v) is 1.97. The van der Waals surface area contributed by atoms with Gasteiger partial charge in [0, 0.05) is 13.1 Å². The standard InChI is InChI=1S/C15H18N2/c1-17-11-14-4-2-3-5-15(14)13-8-6-12(10-16)7-9-13/h2-9,17H,10-11,16H2,1H3. The van der Waals surface area contributed by atoms with Gasteiger partial charge in [-0.3, -0.25) is 0 Å². The maximum absolute atomic E-state index is 5.61. The van der Waals surface area contributed by atoms with Crippen molar-refractivity contribution in [3.63, 3.8) is 0 Å². The van der Waals surface area contributed by atoms with Crippen LogP contribution in [-0.2, 0) is 13.1 Å². The van der Waals surface area contributed by atoms with E-state index in [9.17, 15) is 0 Å². The molecule has 0 aliphatic heterocycles. The maximum atomic E-state index is 5.61. The third-order valence-electron chi connectivity index (χ3n) is 2.89. The highest BCUT2D eigenvalue weighted by Crippen LogP contribution is 2.23. The van der Waals surface area contributed by atoms with Crippen molar-refractivity contribution in [2.24, 2.45) is 5.73 Å². The van der Waals surface area contributed by atoms with Crippen LogP contribution in [0.3, 0.4) is 0 Å². The summed E-state index contributed by atoms with van der Waals surface area (Å²) < 4.78 is 0. The van der Waals surface area contributed by atoms with Crippen LogP contribution in [0.1, 0.15) is 11.1 Å². The van der Waals surface area contributed by atoms with Crippen LogP contribution in [0.5, 0.6) is 0 Å². The Morgan fingerprint density at radius 1 is 1.00 bits per heavy atom. The molecule has 2 nitrogen and oxygen atoms in total. The average Bonchev–Trinajstić information content (AvgIpc) is 2.40. The van der Waals surface area contributed by atoms with Gasteiger partial charge in [-0.1, -0.05) is 48.5 Å². The van der Waals surface area contributed by atoms with Crippen LogP contribution in [-0.4, -0.2) is 7.05 Å². The van der Waals surface area contributed by atoms with Crippen molar-refractivity contribution in [2.75, 3.05) is 7.05 Å². The van der Waals surface area contributed by atoms with Crippen LogP contribution in [0.25, 0.3) is 11.1 Å². The van der Waals surface area contributed by atoms with Crippen molar-refractivity contribution in [3.8, 4) is 11.1 Å². The molecule has 0 bridgehead atoms. The number of nitrogens with one attached hydrogen (secondary N) is 1. The SMILES string of the molecule is CNCc1ccccc1-c1ccc(CN)cc1. The van der Waals surface area contributed by atoms with Crippen molar-refractivity contribution in [1.29, 1.82) is 0 Å². The minimum Gasteiger partial charge on any atom is -0.326 e. The van der Waals surface area contributed by atoms with Crippen LogP contribution in [0.15, 0.2) is 48.5 Å². The molecule has 0 aromatic heterocycles. The molecule has 17 heavy (non-hydrogen) atoms. The lowest BCUT2D eigenvalue weighted by atomic mass is 9.98. The average molecular weight is 226 g/mol. The van der Waals surface area contributed by atoms with E-state index < -0.39 is 0 Å². The molecule has 0 aliphatic carbocycles.